The number of carbonyl (C=O) groups is 1. The first-order chi connectivity index (χ1) is 10.7. The predicted octanol–water partition coefficient (Wildman–Crippen LogP) is 3.21. The van der Waals surface area contributed by atoms with Crippen molar-refractivity contribution >= 4 is 39.5 Å². The first kappa shape index (κ1) is 13.1. The number of anilines is 1. The third-order valence-corrected chi connectivity index (χ3v) is 4.53. The summed E-state index contributed by atoms with van der Waals surface area (Å²) in [4.78, 5) is 18.7. The monoisotopic (exact) mass is 311 g/mol. The summed E-state index contributed by atoms with van der Waals surface area (Å²) >= 11 is 1.59. The minimum absolute atomic E-state index is 0.106. The minimum atomic E-state index is -0.106. The van der Waals surface area contributed by atoms with E-state index in [4.69, 9.17) is 4.74 Å². The van der Waals surface area contributed by atoms with Crippen molar-refractivity contribution in [3.63, 3.8) is 0 Å². The van der Waals surface area contributed by atoms with Crippen molar-refractivity contribution in [2.24, 2.45) is 0 Å². The van der Waals surface area contributed by atoms with Crippen LogP contribution in [0, 0.1) is 6.92 Å². The normalized spacial score (nSPS) is 15.4. The first-order valence-corrected chi connectivity index (χ1v) is 7.64. The number of imidazole rings is 1. The maximum Gasteiger partial charge on any atom is 0.256 e. The molecule has 110 valence electrons. The van der Waals surface area contributed by atoms with Gasteiger partial charge in [0.15, 0.2) is 4.96 Å². The Morgan fingerprint density at radius 2 is 2.18 bits per heavy atom. The summed E-state index contributed by atoms with van der Waals surface area (Å²) in [6.45, 7) is 2.03. The third-order valence-electron chi connectivity index (χ3n) is 3.63. The van der Waals surface area contributed by atoms with Gasteiger partial charge in [-0.1, -0.05) is 18.2 Å². The molecule has 6 heteroatoms. The van der Waals surface area contributed by atoms with Crippen LogP contribution in [0.1, 0.15) is 16.1 Å². The van der Waals surface area contributed by atoms with Crippen molar-refractivity contribution in [2.75, 3.05) is 12.4 Å². The molecule has 1 aliphatic heterocycles. The van der Waals surface area contributed by atoms with Gasteiger partial charge in [0.05, 0.1) is 12.7 Å². The Balaban J connectivity index is 1.94. The fourth-order valence-corrected chi connectivity index (χ4v) is 3.48. The molecular formula is C16H13N3O2S. The van der Waals surface area contributed by atoms with E-state index >= 15 is 0 Å². The Kier molecular flexibility index (Phi) is 2.80. The number of hydrogen-bond acceptors (Lipinski definition) is 4. The zero-order chi connectivity index (χ0) is 15.3. The van der Waals surface area contributed by atoms with E-state index in [9.17, 15) is 4.79 Å². The molecule has 1 aromatic carbocycles. The van der Waals surface area contributed by atoms with Crippen LogP contribution in [-0.2, 0) is 4.79 Å². The van der Waals surface area contributed by atoms with Crippen molar-refractivity contribution in [1.29, 1.82) is 0 Å². The number of carbonyl (C=O) groups excluding carboxylic acids is 1. The van der Waals surface area contributed by atoms with Crippen LogP contribution in [0.5, 0.6) is 5.88 Å². The van der Waals surface area contributed by atoms with Gasteiger partial charge in [-0.25, -0.2) is 0 Å². The molecule has 0 bridgehead atoms. The van der Waals surface area contributed by atoms with Gasteiger partial charge in [0.25, 0.3) is 5.91 Å². The molecule has 22 heavy (non-hydrogen) atoms. The third kappa shape index (κ3) is 1.84. The van der Waals surface area contributed by atoms with E-state index < -0.39 is 0 Å². The average molecular weight is 311 g/mol. The lowest BCUT2D eigenvalue weighted by Crippen LogP contribution is -2.04. The Labute approximate surface area is 130 Å². The Bertz CT molecular complexity index is 936. The highest BCUT2D eigenvalue weighted by atomic mass is 32.1. The number of nitrogens with one attached hydrogen (secondary N) is 1. The highest BCUT2D eigenvalue weighted by Crippen LogP contribution is 2.35. The van der Waals surface area contributed by atoms with Gasteiger partial charge >= 0.3 is 0 Å². The zero-order valence-corrected chi connectivity index (χ0v) is 12.9. The van der Waals surface area contributed by atoms with Crippen LogP contribution in [-0.4, -0.2) is 22.4 Å². The molecule has 0 unspecified atom stereocenters. The minimum Gasteiger partial charge on any atom is -0.479 e. The van der Waals surface area contributed by atoms with E-state index in [1.165, 1.54) is 0 Å². The quantitative estimate of drug-likeness (QED) is 0.739. The average Bonchev–Trinajstić information content (AvgIpc) is 3.11. The van der Waals surface area contributed by atoms with Gasteiger partial charge in [-0.05, 0) is 19.1 Å². The maximum atomic E-state index is 12.3. The van der Waals surface area contributed by atoms with Gasteiger partial charge in [-0.15, -0.1) is 11.3 Å². The molecule has 5 nitrogen and oxygen atoms in total. The highest BCUT2D eigenvalue weighted by molar-refractivity contribution is 7.17. The summed E-state index contributed by atoms with van der Waals surface area (Å²) in [5, 5.41) is 2.88. The number of nitrogens with zero attached hydrogens (tertiary/aromatic N) is 2. The van der Waals surface area contributed by atoms with Crippen molar-refractivity contribution in [2.45, 2.75) is 6.92 Å². The van der Waals surface area contributed by atoms with Gasteiger partial charge in [-0.3, -0.25) is 9.20 Å². The van der Waals surface area contributed by atoms with Crippen LogP contribution in [0.4, 0.5) is 5.69 Å². The SMILES string of the molecule is COc1nc2sc(C)cn2c1/C=C1/C(=O)Nc2ccccc21. The number of aromatic nitrogens is 2. The number of ether oxygens (including phenoxy) is 1. The van der Waals surface area contributed by atoms with Crippen molar-refractivity contribution in [1.82, 2.24) is 9.38 Å². The van der Waals surface area contributed by atoms with Gasteiger partial charge in [0.1, 0.15) is 5.69 Å². The Morgan fingerprint density at radius 3 is 3.00 bits per heavy atom. The summed E-state index contributed by atoms with van der Waals surface area (Å²) in [7, 11) is 1.59. The number of para-hydroxylation sites is 1. The van der Waals surface area contributed by atoms with Crippen LogP contribution in [0.2, 0.25) is 0 Å². The largest absolute Gasteiger partial charge is 0.479 e. The van der Waals surface area contributed by atoms with E-state index in [1.807, 2.05) is 47.9 Å². The fraction of sp³-hybridized carbons (Fsp3) is 0.125. The Morgan fingerprint density at radius 1 is 1.36 bits per heavy atom. The standard InChI is InChI=1S/C16H13N3O2S/c1-9-8-19-13(15(21-2)18-16(19)22-9)7-11-10-5-3-4-6-12(10)17-14(11)20/h3-8H,1-2H3,(H,17,20)/b11-7+. The summed E-state index contributed by atoms with van der Waals surface area (Å²) in [6.07, 6.45) is 3.84. The summed E-state index contributed by atoms with van der Waals surface area (Å²) in [5.41, 5.74) is 3.14. The molecule has 0 fully saturated rings. The van der Waals surface area contributed by atoms with Crippen LogP contribution in [0.15, 0.2) is 30.5 Å². The van der Waals surface area contributed by atoms with E-state index in [0.717, 1.165) is 26.8 Å². The molecule has 1 N–H and O–H groups in total. The van der Waals surface area contributed by atoms with E-state index in [-0.39, 0.29) is 5.91 Å². The van der Waals surface area contributed by atoms with Gasteiger partial charge < -0.3 is 10.1 Å². The number of hydrogen-bond donors (Lipinski definition) is 1. The maximum absolute atomic E-state index is 12.3. The molecule has 0 saturated carbocycles. The van der Waals surface area contributed by atoms with Gasteiger partial charge in [0.2, 0.25) is 5.88 Å². The lowest BCUT2D eigenvalue weighted by atomic mass is 10.1. The fourth-order valence-electron chi connectivity index (χ4n) is 2.65. The molecule has 4 rings (SSSR count). The highest BCUT2D eigenvalue weighted by Gasteiger charge is 2.25. The number of methoxy groups -OCH3 is 1. The molecule has 0 radical (unpaired) electrons. The number of benzene rings is 1. The second-order valence-corrected chi connectivity index (χ2v) is 6.27. The zero-order valence-electron chi connectivity index (χ0n) is 12.1. The van der Waals surface area contributed by atoms with Gasteiger partial charge in [0, 0.05) is 22.3 Å². The Hall–Kier alpha value is -2.60. The second kappa shape index (κ2) is 4.71. The molecular weight excluding hydrogens is 298 g/mol. The molecule has 0 saturated heterocycles. The first-order valence-electron chi connectivity index (χ1n) is 6.82. The smallest absolute Gasteiger partial charge is 0.256 e. The van der Waals surface area contributed by atoms with E-state index in [2.05, 4.69) is 10.3 Å². The van der Waals surface area contributed by atoms with Gasteiger partial charge in [-0.2, -0.15) is 4.98 Å². The van der Waals surface area contributed by atoms with Crippen molar-refractivity contribution in [3.8, 4) is 5.88 Å². The molecule has 0 spiro atoms. The molecule has 1 amide bonds. The number of aryl methyl sites for hydroxylation is 1. The number of amides is 1. The van der Waals surface area contributed by atoms with E-state index in [0.29, 0.717) is 11.5 Å². The molecule has 1 aliphatic rings. The van der Waals surface area contributed by atoms with Crippen LogP contribution < -0.4 is 10.1 Å². The van der Waals surface area contributed by atoms with Crippen LogP contribution in [0.25, 0.3) is 16.6 Å². The summed E-state index contributed by atoms with van der Waals surface area (Å²) in [6, 6.07) is 7.65. The molecule has 3 aromatic rings. The van der Waals surface area contributed by atoms with E-state index in [1.54, 1.807) is 18.4 Å². The van der Waals surface area contributed by atoms with Crippen molar-refractivity contribution < 1.29 is 9.53 Å². The lowest BCUT2D eigenvalue weighted by Gasteiger charge is -2.00. The van der Waals surface area contributed by atoms with Crippen LogP contribution >= 0.6 is 11.3 Å². The molecule has 3 heterocycles. The second-order valence-electron chi connectivity index (χ2n) is 5.06. The van der Waals surface area contributed by atoms with Crippen LogP contribution in [0.3, 0.4) is 0 Å². The summed E-state index contributed by atoms with van der Waals surface area (Å²) < 4.78 is 7.32. The number of thiazole rings is 1. The lowest BCUT2D eigenvalue weighted by molar-refractivity contribution is -0.110. The van der Waals surface area contributed by atoms with Crippen molar-refractivity contribution in [3.05, 3.63) is 46.6 Å². The molecule has 0 aliphatic carbocycles. The molecule has 2 aromatic heterocycles. The topological polar surface area (TPSA) is 55.6 Å². The summed E-state index contributed by atoms with van der Waals surface area (Å²) in [5.74, 6) is 0.418. The number of fused-ring (bicyclic) bond motifs is 2. The predicted molar refractivity (Wildman–Crippen MR) is 87.3 cm³/mol. The number of rotatable bonds is 2. The molecule has 0 atom stereocenters.